The fourth-order valence-electron chi connectivity index (χ4n) is 4.75. The first-order valence-corrected chi connectivity index (χ1v) is 12.7. The summed E-state index contributed by atoms with van der Waals surface area (Å²) in [5.74, 6) is 4.63. The molecule has 2 fully saturated rings. The summed E-state index contributed by atoms with van der Waals surface area (Å²) in [5, 5.41) is 8.91. The van der Waals surface area contributed by atoms with Crippen LogP contribution in [0.4, 0.5) is 0 Å². The third kappa shape index (κ3) is 7.49. The normalized spacial score (nSPS) is 23.2. The molecule has 0 heterocycles. The lowest BCUT2D eigenvalue weighted by molar-refractivity contribution is -0.151. The van der Waals surface area contributed by atoms with E-state index in [1.165, 1.54) is 0 Å². The van der Waals surface area contributed by atoms with E-state index in [1.807, 2.05) is 0 Å². The number of rotatable bonds is 8. The SMILES string of the molecule is CCOC(=O)C1CCC(Oc2ccc(OC(=O)C3CCC(C(=O)OCC)CC3)c(C#CC#N)c2)CC1. The molecule has 0 aromatic heterocycles. The van der Waals surface area contributed by atoms with Crippen LogP contribution in [0.2, 0.25) is 0 Å². The van der Waals surface area contributed by atoms with Crippen LogP contribution in [0.25, 0.3) is 0 Å². The van der Waals surface area contributed by atoms with Crippen molar-refractivity contribution in [2.24, 2.45) is 17.8 Å². The van der Waals surface area contributed by atoms with Gasteiger partial charge >= 0.3 is 17.9 Å². The second kappa shape index (κ2) is 13.5. The molecule has 0 bridgehead atoms. The maximum Gasteiger partial charge on any atom is 0.314 e. The van der Waals surface area contributed by atoms with Crippen LogP contribution in [-0.4, -0.2) is 37.2 Å². The molecule has 0 saturated heterocycles. The van der Waals surface area contributed by atoms with Crippen LogP contribution in [0.1, 0.15) is 70.8 Å². The van der Waals surface area contributed by atoms with Crippen LogP contribution in [0, 0.1) is 40.9 Å². The summed E-state index contributed by atoms with van der Waals surface area (Å²) in [5.41, 5.74) is 0.391. The summed E-state index contributed by atoms with van der Waals surface area (Å²) in [6.07, 6.45) is 5.11. The highest BCUT2D eigenvalue weighted by molar-refractivity contribution is 5.77. The average molecular weight is 496 g/mol. The van der Waals surface area contributed by atoms with E-state index in [0.717, 1.165) is 12.8 Å². The van der Waals surface area contributed by atoms with Gasteiger partial charge in [0.15, 0.2) is 6.07 Å². The molecule has 0 radical (unpaired) electrons. The molecule has 0 atom stereocenters. The predicted octanol–water partition coefficient (Wildman–Crippen LogP) is 4.34. The molecule has 192 valence electrons. The molecular formula is C28H33NO7. The fourth-order valence-corrected chi connectivity index (χ4v) is 4.75. The molecule has 36 heavy (non-hydrogen) atoms. The summed E-state index contributed by atoms with van der Waals surface area (Å²) in [6, 6.07) is 6.80. The molecule has 1 aromatic carbocycles. The highest BCUT2D eigenvalue weighted by atomic mass is 16.5. The van der Waals surface area contributed by atoms with Crippen molar-refractivity contribution in [2.45, 2.75) is 71.3 Å². The third-order valence-corrected chi connectivity index (χ3v) is 6.69. The zero-order valence-corrected chi connectivity index (χ0v) is 20.9. The van der Waals surface area contributed by atoms with Gasteiger partial charge in [-0.3, -0.25) is 14.4 Å². The summed E-state index contributed by atoms with van der Waals surface area (Å²) in [4.78, 5) is 36.7. The third-order valence-electron chi connectivity index (χ3n) is 6.69. The quantitative estimate of drug-likeness (QED) is 0.297. The van der Waals surface area contributed by atoms with Gasteiger partial charge in [-0.15, -0.1) is 0 Å². The van der Waals surface area contributed by atoms with Crippen LogP contribution in [0.3, 0.4) is 0 Å². The van der Waals surface area contributed by atoms with E-state index in [9.17, 15) is 14.4 Å². The molecular weight excluding hydrogens is 462 g/mol. The van der Waals surface area contributed by atoms with Gasteiger partial charge < -0.3 is 18.9 Å². The maximum absolute atomic E-state index is 12.8. The molecule has 2 aliphatic carbocycles. The molecule has 2 aliphatic rings. The second-order valence-electron chi connectivity index (χ2n) is 9.08. The summed E-state index contributed by atoms with van der Waals surface area (Å²) in [6.45, 7) is 4.31. The lowest BCUT2D eigenvalue weighted by Gasteiger charge is -2.28. The van der Waals surface area contributed by atoms with Gasteiger partial charge in [-0.05, 0) is 89.3 Å². The largest absolute Gasteiger partial charge is 0.490 e. The van der Waals surface area contributed by atoms with Crippen LogP contribution in [0.15, 0.2) is 18.2 Å². The summed E-state index contributed by atoms with van der Waals surface area (Å²) < 4.78 is 22.0. The Labute approximate surface area is 212 Å². The van der Waals surface area contributed by atoms with E-state index in [2.05, 4.69) is 11.8 Å². The molecule has 0 aliphatic heterocycles. The van der Waals surface area contributed by atoms with Gasteiger partial charge in [0.1, 0.15) is 11.5 Å². The zero-order chi connectivity index (χ0) is 25.9. The number of benzene rings is 1. The number of hydrogen-bond acceptors (Lipinski definition) is 8. The van der Waals surface area contributed by atoms with Gasteiger partial charge in [0, 0.05) is 5.92 Å². The Kier molecular flexibility index (Phi) is 10.2. The molecule has 0 N–H and O–H groups in total. The minimum atomic E-state index is -0.372. The molecule has 8 heteroatoms. The topological polar surface area (TPSA) is 112 Å². The van der Waals surface area contributed by atoms with Crippen LogP contribution >= 0.6 is 0 Å². The van der Waals surface area contributed by atoms with Gasteiger partial charge in [-0.1, -0.05) is 0 Å². The first-order chi connectivity index (χ1) is 17.4. The number of carbonyl (C=O) groups excluding carboxylic acids is 3. The highest BCUT2D eigenvalue weighted by Gasteiger charge is 2.32. The van der Waals surface area contributed by atoms with E-state index in [-0.39, 0.29) is 47.5 Å². The molecule has 2 saturated carbocycles. The second-order valence-corrected chi connectivity index (χ2v) is 9.08. The molecule has 0 spiro atoms. The molecule has 3 rings (SSSR count). The number of ether oxygens (including phenoxy) is 4. The maximum atomic E-state index is 12.8. The first kappa shape index (κ1) is 27.1. The van der Waals surface area contributed by atoms with Crippen molar-refractivity contribution >= 4 is 17.9 Å². The smallest absolute Gasteiger partial charge is 0.314 e. The van der Waals surface area contributed by atoms with Crippen molar-refractivity contribution in [2.75, 3.05) is 13.2 Å². The van der Waals surface area contributed by atoms with E-state index >= 15 is 0 Å². The minimum Gasteiger partial charge on any atom is -0.490 e. The Hall–Kier alpha value is -3.52. The Morgan fingerprint density at radius 2 is 1.36 bits per heavy atom. The first-order valence-electron chi connectivity index (χ1n) is 12.7. The van der Waals surface area contributed by atoms with Gasteiger partial charge in [0.25, 0.3) is 0 Å². The van der Waals surface area contributed by atoms with E-state index in [4.69, 9.17) is 24.2 Å². The van der Waals surface area contributed by atoms with E-state index < -0.39 is 0 Å². The number of esters is 3. The Bertz CT molecular complexity index is 1030. The molecule has 1 aromatic rings. The lowest BCUT2D eigenvalue weighted by atomic mass is 9.82. The summed E-state index contributed by atoms with van der Waals surface area (Å²) in [7, 11) is 0. The molecule has 8 nitrogen and oxygen atoms in total. The zero-order valence-electron chi connectivity index (χ0n) is 20.9. The Balaban J connectivity index is 1.59. The average Bonchev–Trinajstić information content (AvgIpc) is 2.89. The van der Waals surface area contributed by atoms with Gasteiger partial charge in [-0.2, -0.15) is 5.26 Å². The van der Waals surface area contributed by atoms with Crippen molar-refractivity contribution in [1.82, 2.24) is 0 Å². The van der Waals surface area contributed by atoms with Crippen molar-refractivity contribution in [1.29, 1.82) is 5.26 Å². The van der Waals surface area contributed by atoms with Crippen LogP contribution in [-0.2, 0) is 23.9 Å². The lowest BCUT2D eigenvalue weighted by Crippen LogP contribution is -2.29. The van der Waals surface area contributed by atoms with E-state index in [1.54, 1.807) is 38.1 Å². The standard InChI is InChI=1S/C28H33NO7/c1-3-33-26(30)19-7-9-21(10-8-19)28(32)36-25-16-15-24(18-22(25)6-5-17-29)35-23-13-11-20(12-14-23)27(31)34-4-2/h15-16,18-21,23H,3-4,7-14H2,1-2H3. The highest BCUT2D eigenvalue weighted by Crippen LogP contribution is 2.33. The molecule has 0 unspecified atom stereocenters. The fraction of sp³-hybridized carbons (Fsp3) is 0.571. The van der Waals surface area contributed by atoms with Crippen molar-refractivity contribution in [3.63, 3.8) is 0 Å². The van der Waals surface area contributed by atoms with Gasteiger partial charge in [-0.25, -0.2) is 0 Å². The minimum absolute atomic E-state index is 0.0459. The number of hydrogen-bond donors (Lipinski definition) is 0. The van der Waals surface area contributed by atoms with Crippen molar-refractivity contribution in [3.8, 4) is 29.4 Å². The van der Waals surface area contributed by atoms with Crippen LogP contribution < -0.4 is 9.47 Å². The van der Waals surface area contributed by atoms with Crippen LogP contribution in [0.5, 0.6) is 11.5 Å². The molecule has 0 amide bonds. The van der Waals surface area contributed by atoms with Crippen molar-refractivity contribution < 1.29 is 33.3 Å². The van der Waals surface area contributed by atoms with Gasteiger partial charge in [0.05, 0.1) is 42.6 Å². The number of nitrogens with zero attached hydrogens (tertiary/aromatic N) is 1. The predicted molar refractivity (Wildman–Crippen MR) is 130 cm³/mol. The van der Waals surface area contributed by atoms with Gasteiger partial charge in [0.2, 0.25) is 0 Å². The number of nitriles is 1. The monoisotopic (exact) mass is 495 g/mol. The Morgan fingerprint density at radius 3 is 1.89 bits per heavy atom. The Morgan fingerprint density at radius 1 is 0.833 bits per heavy atom. The van der Waals surface area contributed by atoms with E-state index in [0.29, 0.717) is 63.1 Å². The summed E-state index contributed by atoms with van der Waals surface area (Å²) >= 11 is 0. The number of carbonyl (C=O) groups is 3. The van der Waals surface area contributed by atoms with Crippen molar-refractivity contribution in [3.05, 3.63) is 23.8 Å².